The fourth-order valence-corrected chi connectivity index (χ4v) is 3.52. The van der Waals surface area contributed by atoms with Gasteiger partial charge in [-0.05, 0) is 44.7 Å². The summed E-state index contributed by atoms with van der Waals surface area (Å²) in [6, 6.07) is 7.86. The smallest absolute Gasteiger partial charge is 0.161 e. The van der Waals surface area contributed by atoms with Gasteiger partial charge in [-0.15, -0.1) is 0 Å². The van der Waals surface area contributed by atoms with Gasteiger partial charge in [-0.25, -0.2) is 0 Å². The van der Waals surface area contributed by atoms with E-state index >= 15 is 0 Å². The van der Waals surface area contributed by atoms with E-state index in [-0.39, 0.29) is 11.7 Å². The summed E-state index contributed by atoms with van der Waals surface area (Å²) in [4.78, 5) is 2.49. The molecule has 0 bridgehead atoms. The minimum Gasteiger partial charge on any atom is -0.493 e. The third-order valence-electron chi connectivity index (χ3n) is 4.60. The molecule has 1 aromatic rings. The number of rotatable bonds is 5. The topological polar surface area (TPSA) is 30.9 Å². The van der Waals surface area contributed by atoms with Crippen LogP contribution in [0.1, 0.15) is 26.7 Å². The number of likely N-dealkylation sites (tertiary alicyclic amines) is 1. The SMILES string of the molecule is COc1ccccc1OC1CN(C[C@H]2CCOC(C)(C)C2)C1. The highest BCUT2D eigenvalue weighted by Gasteiger charge is 2.34. The molecule has 1 atom stereocenters. The van der Waals surface area contributed by atoms with Crippen LogP contribution >= 0.6 is 0 Å². The van der Waals surface area contributed by atoms with Crippen LogP contribution in [0.2, 0.25) is 0 Å². The van der Waals surface area contributed by atoms with Crippen LogP contribution in [0.15, 0.2) is 24.3 Å². The summed E-state index contributed by atoms with van der Waals surface area (Å²) in [5.74, 6) is 2.41. The van der Waals surface area contributed by atoms with Crippen molar-refractivity contribution < 1.29 is 14.2 Å². The van der Waals surface area contributed by atoms with Gasteiger partial charge in [0.05, 0.1) is 12.7 Å². The van der Waals surface area contributed by atoms with Crippen LogP contribution in [-0.2, 0) is 4.74 Å². The Morgan fingerprint density at radius 3 is 2.64 bits per heavy atom. The number of methoxy groups -OCH3 is 1. The van der Waals surface area contributed by atoms with Gasteiger partial charge < -0.3 is 14.2 Å². The Bertz CT molecular complexity index is 497. The first-order chi connectivity index (χ1) is 10.6. The fraction of sp³-hybridized carbons (Fsp3) is 0.667. The largest absolute Gasteiger partial charge is 0.493 e. The van der Waals surface area contributed by atoms with Crippen molar-refractivity contribution in [1.29, 1.82) is 0 Å². The zero-order valence-electron chi connectivity index (χ0n) is 13.9. The lowest BCUT2D eigenvalue weighted by Gasteiger charge is -2.43. The Morgan fingerprint density at radius 1 is 1.23 bits per heavy atom. The van der Waals surface area contributed by atoms with Crippen LogP contribution in [0, 0.1) is 5.92 Å². The molecule has 122 valence electrons. The molecule has 0 aliphatic carbocycles. The quantitative estimate of drug-likeness (QED) is 0.837. The van der Waals surface area contributed by atoms with Crippen molar-refractivity contribution in [3.05, 3.63) is 24.3 Å². The zero-order chi connectivity index (χ0) is 15.6. The molecule has 0 spiro atoms. The second-order valence-corrected chi connectivity index (χ2v) is 7.08. The van der Waals surface area contributed by atoms with Crippen LogP contribution in [0.5, 0.6) is 11.5 Å². The van der Waals surface area contributed by atoms with Gasteiger partial charge in [0, 0.05) is 26.2 Å². The van der Waals surface area contributed by atoms with E-state index in [9.17, 15) is 0 Å². The highest BCUT2D eigenvalue weighted by Crippen LogP contribution is 2.32. The van der Waals surface area contributed by atoms with E-state index in [1.54, 1.807) is 7.11 Å². The summed E-state index contributed by atoms with van der Waals surface area (Å²) >= 11 is 0. The Hall–Kier alpha value is -1.26. The maximum atomic E-state index is 6.04. The number of para-hydroxylation sites is 2. The lowest BCUT2D eigenvalue weighted by Crippen LogP contribution is -2.55. The maximum Gasteiger partial charge on any atom is 0.161 e. The van der Waals surface area contributed by atoms with Crippen LogP contribution in [-0.4, -0.2) is 50.0 Å². The Balaban J connectivity index is 1.44. The minimum atomic E-state index is 0.0427. The molecule has 0 N–H and O–H groups in total. The molecule has 0 saturated carbocycles. The number of nitrogens with zero attached hydrogens (tertiary/aromatic N) is 1. The lowest BCUT2D eigenvalue weighted by molar-refractivity contribution is -0.0850. The number of hydrogen-bond donors (Lipinski definition) is 0. The molecule has 2 fully saturated rings. The fourth-order valence-electron chi connectivity index (χ4n) is 3.52. The molecular formula is C18H27NO3. The first-order valence-corrected chi connectivity index (χ1v) is 8.22. The molecule has 0 radical (unpaired) electrons. The predicted octanol–water partition coefficient (Wildman–Crippen LogP) is 2.96. The molecule has 3 rings (SSSR count). The first-order valence-electron chi connectivity index (χ1n) is 8.22. The minimum absolute atomic E-state index is 0.0427. The summed E-state index contributed by atoms with van der Waals surface area (Å²) in [5, 5.41) is 0. The average Bonchev–Trinajstić information content (AvgIpc) is 2.44. The molecule has 0 aromatic heterocycles. The van der Waals surface area contributed by atoms with E-state index in [0.717, 1.165) is 43.5 Å². The van der Waals surface area contributed by atoms with Gasteiger partial charge in [-0.2, -0.15) is 0 Å². The standard InChI is InChI=1S/C18H27NO3/c1-18(2)10-14(8-9-21-18)11-19-12-15(13-19)22-17-7-5-4-6-16(17)20-3/h4-7,14-15H,8-13H2,1-3H3/t14-/m0/s1. The van der Waals surface area contributed by atoms with Gasteiger partial charge in [-0.3, -0.25) is 4.90 Å². The normalized spacial score (nSPS) is 25.5. The molecule has 4 heteroatoms. The van der Waals surface area contributed by atoms with E-state index in [1.165, 1.54) is 13.0 Å². The predicted molar refractivity (Wildman–Crippen MR) is 86.6 cm³/mol. The van der Waals surface area contributed by atoms with Gasteiger partial charge in [-0.1, -0.05) is 12.1 Å². The van der Waals surface area contributed by atoms with Gasteiger partial charge in [0.1, 0.15) is 6.10 Å². The summed E-state index contributed by atoms with van der Waals surface area (Å²) in [6.45, 7) is 8.47. The van der Waals surface area contributed by atoms with E-state index in [1.807, 2.05) is 24.3 Å². The molecule has 2 aliphatic rings. The molecule has 0 unspecified atom stereocenters. The van der Waals surface area contributed by atoms with E-state index in [0.29, 0.717) is 0 Å². The number of hydrogen-bond acceptors (Lipinski definition) is 4. The van der Waals surface area contributed by atoms with E-state index < -0.39 is 0 Å². The van der Waals surface area contributed by atoms with Crippen LogP contribution in [0.3, 0.4) is 0 Å². The molecule has 0 amide bonds. The molecular weight excluding hydrogens is 278 g/mol. The van der Waals surface area contributed by atoms with Crippen LogP contribution in [0.25, 0.3) is 0 Å². The monoisotopic (exact) mass is 305 g/mol. The first kappa shape index (κ1) is 15.6. The lowest BCUT2D eigenvalue weighted by atomic mass is 9.87. The second-order valence-electron chi connectivity index (χ2n) is 7.08. The summed E-state index contributed by atoms with van der Waals surface area (Å²) in [5.41, 5.74) is 0.0427. The summed E-state index contributed by atoms with van der Waals surface area (Å²) < 4.78 is 17.2. The van der Waals surface area contributed by atoms with Crippen molar-refractivity contribution in [3.8, 4) is 11.5 Å². The van der Waals surface area contributed by atoms with E-state index in [4.69, 9.17) is 14.2 Å². The van der Waals surface area contributed by atoms with Crippen molar-refractivity contribution in [2.24, 2.45) is 5.92 Å². The van der Waals surface area contributed by atoms with Crippen LogP contribution < -0.4 is 9.47 Å². The third kappa shape index (κ3) is 3.73. The number of benzene rings is 1. The summed E-state index contributed by atoms with van der Waals surface area (Å²) in [6.07, 6.45) is 2.61. The zero-order valence-corrected chi connectivity index (χ0v) is 13.9. The van der Waals surface area contributed by atoms with Gasteiger partial charge in [0.25, 0.3) is 0 Å². The molecule has 1 aromatic carbocycles. The van der Waals surface area contributed by atoms with Crippen molar-refractivity contribution >= 4 is 0 Å². The van der Waals surface area contributed by atoms with Crippen LogP contribution in [0.4, 0.5) is 0 Å². The average molecular weight is 305 g/mol. The van der Waals surface area contributed by atoms with Crippen molar-refractivity contribution in [2.45, 2.75) is 38.4 Å². The molecule has 2 saturated heterocycles. The van der Waals surface area contributed by atoms with Gasteiger partial charge >= 0.3 is 0 Å². The molecule has 22 heavy (non-hydrogen) atoms. The Kier molecular flexibility index (Phi) is 4.59. The van der Waals surface area contributed by atoms with Crippen molar-refractivity contribution in [2.75, 3.05) is 33.4 Å². The van der Waals surface area contributed by atoms with Crippen molar-refractivity contribution in [1.82, 2.24) is 4.90 Å². The van der Waals surface area contributed by atoms with Gasteiger partial charge in [0.15, 0.2) is 11.5 Å². The third-order valence-corrected chi connectivity index (χ3v) is 4.60. The molecule has 2 heterocycles. The molecule has 4 nitrogen and oxygen atoms in total. The second kappa shape index (κ2) is 6.47. The highest BCUT2D eigenvalue weighted by atomic mass is 16.5. The Labute approximate surface area is 133 Å². The number of ether oxygens (including phenoxy) is 3. The molecule has 2 aliphatic heterocycles. The summed E-state index contributed by atoms with van der Waals surface area (Å²) in [7, 11) is 1.68. The van der Waals surface area contributed by atoms with Gasteiger partial charge in [0.2, 0.25) is 0 Å². The van der Waals surface area contributed by atoms with Crippen molar-refractivity contribution in [3.63, 3.8) is 0 Å². The Morgan fingerprint density at radius 2 is 1.95 bits per heavy atom. The van der Waals surface area contributed by atoms with E-state index in [2.05, 4.69) is 18.7 Å². The maximum absolute atomic E-state index is 6.04. The highest BCUT2D eigenvalue weighted by molar-refractivity contribution is 5.39.